The number of nitrogens with zero attached hydrogens (tertiary/aromatic N) is 2. The zero-order valence-electron chi connectivity index (χ0n) is 10.4. The Labute approximate surface area is 92.7 Å². The van der Waals surface area contributed by atoms with E-state index in [1.165, 1.54) is 12.8 Å². The molecular weight excluding hydrogens is 186 g/mol. The third-order valence-electron chi connectivity index (χ3n) is 3.04. The summed E-state index contributed by atoms with van der Waals surface area (Å²) in [7, 11) is 0. The molecular formula is C12H23N3. The summed E-state index contributed by atoms with van der Waals surface area (Å²) >= 11 is 0. The predicted molar refractivity (Wildman–Crippen MR) is 65.0 cm³/mol. The molecule has 0 aliphatic carbocycles. The van der Waals surface area contributed by atoms with Crippen molar-refractivity contribution in [3.05, 3.63) is 11.5 Å². The van der Waals surface area contributed by atoms with Crippen LogP contribution in [0.1, 0.15) is 57.5 Å². The highest BCUT2D eigenvalue weighted by molar-refractivity contribution is 5.40. The topological polar surface area (TPSA) is 43.8 Å². The smallest absolute Gasteiger partial charge is 0.127 e. The van der Waals surface area contributed by atoms with E-state index in [0.29, 0.717) is 5.92 Å². The van der Waals surface area contributed by atoms with E-state index in [9.17, 15) is 0 Å². The Morgan fingerprint density at radius 2 is 2.07 bits per heavy atom. The molecule has 1 aromatic heterocycles. The van der Waals surface area contributed by atoms with Crippen LogP contribution in [0, 0.1) is 6.92 Å². The lowest BCUT2D eigenvalue weighted by Crippen LogP contribution is -2.06. The maximum atomic E-state index is 6.12. The Kier molecular flexibility index (Phi) is 4.18. The number of hydrogen-bond donors (Lipinski definition) is 1. The minimum absolute atomic E-state index is 0.464. The normalized spacial score (nSPS) is 13.1. The van der Waals surface area contributed by atoms with E-state index in [2.05, 4.69) is 30.3 Å². The van der Waals surface area contributed by atoms with Gasteiger partial charge >= 0.3 is 0 Å². The SMILES string of the molecule is CCCCn1c(C)nc(C(C)CC)c1N. The highest BCUT2D eigenvalue weighted by Gasteiger charge is 2.15. The molecule has 86 valence electrons. The van der Waals surface area contributed by atoms with E-state index >= 15 is 0 Å². The molecule has 2 N–H and O–H groups in total. The van der Waals surface area contributed by atoms with Crippen LogP contribution < -0.4 is 5.73 Å². The second-order valence-corrected chi connectivity index (χ2v) is 4.24. The lowest BCUT2D eigenvalue weighted by molar-refractivity contribution is 0.622. The van der Waals surface area contributed by atoms with Crippen LogP contribution in [0.5, 0.6) is 0 Å². The predicted octanol–water partition coefficient (Wildman–Crippen LogP) is 3.09. The van der Waals surface area contributed by atoms with Gasteiger partial charge in [-0.3, -0.25) is 0 Å². The number of rotatable bonds is 5. The molecule has 0 aliphatic rings. The second kappa shape index (κ2) is 5.19. The summed E-state index contributed by atoms with van der Waals surface area (Å²) in [5.74, 6) is 2.39. The number of nitrogen functional groups attached to an aromatic ring is 1. The van der Waals surface area contributed by atoms with Crippen molar-refractivity contribution in [3.8, 4) is 0 Å². The van der Waals surface area contributed by atoms with Crippen LogP contribution in [0.15, 0.2) is 0 Å². The van der Waals surface area contributed by atoms with Crippen LogP contribution in [-0.2, 0) is 6.54 Å². The number of unbranched alkanes of at least 4 members (excludes halogenated alkanes) is 1. The van der Waals surface area contributed by atoms with Crippen molar-refractivity contribution >= 4 is 5.82 Å². The van der Waals surface area contributed by atoms with Crippen LogP contribution >= 0.6 is 0 Å². The van der Waals surface area contributed by atoms with Gasteiger partial charge in [0.15, 0.2) is 0 Å². The fraction of sp³-hybridized carbons (Fsp3) is 0.750. The Morgan fingerprint density at radius 1 is 1.40 bits per heavy atom. The molecule has 0 bridgehead atoms. The molecule has 1 aromatic rings. The summed E-state index contributed by atoms with van der Waals surface area (Å²) < 4.78 is 2.14. The van der Waals surface area contributed by atoms with E-state index in [1.54, 1.807) is 0 Å². The largest absolute Gasteiger partial charge is 0.384 e. The average molecular weight is 209 g/mol. The molecule has 1 heterocycles. The molecule has 1 rings (SSSR count). The van der Waals surface area contributed by atoms with Gasteiger partial charge in [-0.25, -0.2) is 4.98 Å². The van der Waals surface area contributed by atoms with Crippen molar-refractivity contribution in [2.45, 2.75) is 59.4 Å². The lowest BCUT2D eigenvalue weighted by Gasteiger charge is -2.08. The van der Waals surface area contributed by atoms with Crippen LogP contribution in [0.25, 0.3) is 0 Å². The standard InChI is InChI=1S/C12H23N3/c1-5-7-8-15-10(4)14-11(12(15)13)9(3)6-2/h9H,5-8,13H2,1-4H3. The maximum Gasteiger partial charge on any atom is 0.127 e. The minimum atomic E-state index is 0.464. The summed E-state index contributed by atoms with van der Waals surface area (Å²) in [4.78, 5) is 4.57. The molecule has 0 radical (unpaired) electrons. The first-order valence-electron chi connectivity index (χ1n) is 5.94. The fourth-order valence-electron chi connectivity index (χ4n) is 1.76. The summed E-state index contributed by atoms with van der Waals surface area (Å²) in [6.45, 7) is 9.58. The first kappa shape index (κ1) is 12.1. The summed E-state index contributed by atoms with van der Waals surface area (Å²) in [5.41, 5.74) is 7.20. The molecule has 15 heavy (non-hydrogen) atoms. The van der Waals surface area contributed by atoms with E-state index in [4.69, 9.17) is 5.73 Å². The van der Waals surface area contributed by atoms with Crippen LogP contribution in [0.2, 0.25) is 0 Å². The number of imidazole rings is 1. The second-order valence-electron chi connectivity index (χ2n) is 4.24. The quantitative estimate of drug-likeness (QED) is 0.810. The number of aromatic nitrogens is 2. The molecule has 3 heteroatoms. The molecule has 1 unspecified atom stereocenters. The molecule has 0 amide bonds. The van der Waals surface area contributed by atoms with E-state index in [-0.39, 0.29) is 0 Å². The van der Waals surface area contributed by atoms with Crippen LogP contribution in [-0.4, -0.2) is 9.55 Å². The Hall–Kier alpha value is -0.990. The molecule has 3 nitrogen and oxygen atoms in total. The minimum Gasteiger partial charge on any atom is -0.384 e. The summed E-state index contributed by atoms with van der Waals surface area (Å²) in [6.07, 6.45) is 3.45. The van der Waals surface area contributed by atoms with Crippen LogP contribution in [0.4, 0.5) is 5.82 Å². The van der Waals surface area contributed by atoms with Gasteiger partial charge in [0.25, 0.3) is 0 Å². The van der Waals surface area contributed by atoms with Gasteiger partial charge in [0.2, 0.25) is 0 Å². The van der Waals surface area contributed by atoms with E-state index in [0.717, 1.165) is 30.3 Å². The van der Waals surface area contributed by atoms with Gasteiger partial charge in [0.1, 0.15) is 11.6 Å². The van der Waals surface area contributed by atoms with Crippen LogP contribution in [0.3, 0.4) is 0 Å². The third kappa shape index (κ3) is 2.52. The summed E-state index contributed by atoms with van der Waals surface area (Å²) in [6, 6.07) is 0. The van der Waals surface area contributed by atoms with Gasteiger partial charge < -0.3 is 10.3 Å². The molecule has 0 saturated carbocycles. The molecule has 0 fully saturated rings. The zero-order valence-corrected chi connectivity index (χ0v) is 10.4. The highest BCUT2D eigenvalue weighted by atomic mass is 15.1. The lowest BCUT2D eigenvalue weighted by atomic mass is 10.1. The van der Waals surface area contributed by atoms with E-state index < -0.39 is 0 Å². The maximum absolute atomic E-state index is 6.12. The average Bonchev–Trinajstić information content (AvgIpc) is 2.51. The van der Waals surface area contributed by atoms with E-state index in [1.807, 2.05) is 6.92 Å². The van der Waals surface area contributed by atoms with Crippen molar-refractivity contribution in [1.82, 2.24) is 9.55 Å². The first-order valence-corrected chi connectivity index (χ1v) is 5.94. The molecule has 1 atom stereocenters. The molecule has 0 aromatic carbocycles. The van der Waals surface area contributed by atoms with Gasteiger partial charge in [-0.1, -0.05) is 27.2 Å². The number of anilines is 1. The van der Waals surface area contributed by atoms with Crippen molar-refractivity contribution in [3.63, 3.8) is 0 Å². The van der Waals surface area contributed by atoms with Gasteiger partial charge in [0.05, 0.1) is 5.69 Å². The van der Waals surface area contributed by atoms with Crippen molar-refractivity contribution in [1.29, 1.82) is 0 Å². The van der Waals surface area contributed by atoms with Gasteiger partial charge in [-0.05, 0) is 19.8 Å². The van der Waals surface area contributed by atoms with Gasteiger partial charge in [-0.2, -0.15) is 0 Å². The molecule has 0 aliphatic heterocycles. The van der Waals surface area contributed by atoms with Crippen molar-refractivity contribution in [2.24, 2.45) is 0 Å². The van der Waals surface area contributed by atoms with Gasteiger partial charge in [-0.15, -0.1) is 0 Å². The Balaban J connectivity index is 2.92. The molecule has 0 saturated heterocycles. The van der Waals surface area contributed by atoms with Gasteiger partial charge in [0, 0.05) is 12.5 Å². The summed E-state index contributed by atoms with van der Waals surface area (Å²) in [5, 5.41) is 0. The number of nitrogens with two attached hydrogens (primary N) is 1. The zero-order chi connectivity index (χ0) is 11.4. The number of aryl methyl sites for hydroxylation is 1. The number of hydrogen-bond acceptors (Lipinski definition) is 2. The van der Waals surface area contributed by atoms with Crippen molar-refractivity contribution < 1.29 is 0 Å². The highest BCUT2D eigenvalue weighted by Crippen LogP contribution is 2.25. The Morgan fingerprint density at radius 3 is 2.60 bits per heavy atom. The van der Waals surface area contributed by atoms with Crippen molar-refractivity contribution in [2.75, 3.05) is 5.73 Å². The third-order valence-corrected chi connectivity index (χ3v) is 3.04. The molecule has 0 spiro atoms. The Bertz CT molecular complexity index is 315. The monoisotopic (exact) mass is 209 g/mol. The fourth-order valence-corrected chi connectivity index (χ4v) is 1.76. The first-order chi connectivity index (χ1) is 7.11.